The Labute approximate surface area is 143 Å². The van der Waals surface area contributed by atoms with Gasteiger partial charge in [0.15, 0.2) is 0 Å². The first kappa shape index (κ1) is 15.9. The minimum atomic E-state index is -0.320. The van der Waals surface area contributed by atoms with Crippen molar-refractivity contribution >= 4 is 29.1 Å². The third kappa shape index (κ3) is 4.05. The van der Waals surface area contributed by atoms with E-state index in [2.05, 4.69) is 25.6 Å². The van der Waals surface area contributed by atoms with Gasteiger partial charge in [0.25, 0.3) is 5.91 Å². The van der Waals surface area contributed by atoms with Gasteiger partial charge in [-0.05, 0) is 24.3 Å². The van der Waals surface area contributed by atoms with Gasteiger partial charge in [-0.3, -0.25) is 9.78 Å². The van der Waals surface area contributed by atoms with E-state index in [1.165, 1.54) is 12.4 Å². The smallest absolute Gasteiger partial charge is 0.258 e. The second-order valence-corrected chi connectivity index (χ2v) is 5.31. The third-order valence-corrected chi connectivity index (χ3v) is 3.52. The molecule has 2 aromatic heterocycles. The number of nitrogens with zero attached hydrogens (tertiary/aromatic N) is 3. The van der Waals surface area contributed by atoms with E-state index in [-0.39, 0.29) is 5.91 Å². The van der Waals surface area contributed by atoms with Crippen molar-refractivity contribution in [1.82, 2.24) is 15.0 Å². The van der Waals surface area contributed by atoms with E-state index < -0.39 is 0 Å². The van der Waals surface area contributed by atoms with Gasteiger partial charge in [-0.1, -0.05) is 29.8 Å². The highest BCUT2D eigenvalue weighted by atomic mass is 35.5. The number of amides is 1. The number of halogens is 1. The Bertz CT molecular complexity index is 824. The number of carbonyl (C=O) groups is 1. The van der Waals surface area contributed by atoms with Gasteiger partial charge in [-0.2, -0.15) is 0 Å². The van der Waals surface area contributed by atoms with Crippen LogP contribution in [0.3, 0.4) is 0 Å². The molecule has 120 valence electrons. The maximum Gasteiger partial charge on any atom is 0.258 e. The summed E-state index contributed by atoms with van der Waals surface area (Å²) in [5.74, 6) is 0.106. The summed E-state index contributed by atoms with van der Waals surface area (Å²) in [5.41, 5.74) is 1.77. The van der Waals surface area contributed by atoms with E-state index in [1.54, 1.807) is 30.5 Å². The number of hydrogen-bond acceptors (Lipinski definition) is 5. The Balaban J connectivity index is 1.61. The van der Waals surface area contributed by atoms with Crippen LogP contribution in [0.5, 0.6) is 0 Å². The standard InChI is InChI=1S/C17H14ClN5O/c18-14-6-1-2-7-15(14)23-16(24)12-9-20-17(21-10-12)22-11-13-5-3-4-8-19-13/h1-10H,11H2,(H,23,24)(H,20,21,22). The normalized spacial score (nSPS) is 10.2. The molecule has 0 fully saturated rings. The predicted molar refractivity (Wildman–Crippen MR) is 93.0 cm³/mol. The Kier molecular flexibility index (Phi) is 4.98. The SMILES string of the molecule is O=C(Nc1ccccc1Cl)c1cnc(NCc2ccccn2)nc1. The van der Waals surface area contributed by atoms with Crippen LogP contribution in [-0.2, 0) is 6.54 Å². The summed E-state index contributed by atoms with van der Waals surface area (Å²) in [4.78, 5) is 24.6. The lowest BCUT2D eigenvalue weighted by atomic mass is 10.3. The van der Waals surface area contributed by atoms with Crippen molar-refractivity contribution in [2.75, 3.05) is 10.6 Å². The predicted octanol–water partition coefficient (Wildman–Crippen LogP) is 3.39. The lowest BCUT2D eigenvalue weighted by Crippen LogP contribution is -2.13. The first-order valence-electron chi connectivity index (χ1n) is 7.24. The number of benzene rings is 1. The molecule has 0 spiro atoms. The number of pyridine rings is 1. The fourth-order valence-corrected chi connectivity index (χ4v) is 2.15. The molecule has 3 rings (SSSR count). The number of para-hydroxylation sites is 1. The van der Waals surface area contributed by atoms with Crippen molar-refractivity contribution in [3.05, 3.63) is 77.3 Å². The number of nitrogens with one attached hydrogen (secondary N) is 2. The van der Waals surface area contributed by atoms with Crippen LogP contribution in [0.15, 0.2) is 61.1 Å². The van der Waals surface area contributed by atoms with Crippen molar-refractivity contribution in [3.63, 3.8) is 0 Å². The van der Waals surface area contributed by atoms with Gasteiger partial charge < -0.3 is 10.6 Å². The maximum absolute atomic E-state index is 12.2. The van der Waals surface area contributed by atoms with Crippen molar-refractivity contribution in [2.45, 2.75) is 6.54 Å². The van der Waals surface area contributed by atoms with E-state index in [0.717, 1.165) is 5.69 Å². The largest absolute Gasteiger partial charge is 0.349 e. The molecule has 1 amide bonds. The number of rotatable bonds is 5. The molecule has 0 saturated heterocycles. The van der Waals surface area contributed by atoms with E-state index in [9.17, 15) is 4.79 Å². The molecule has 0 aliphatic carbocycles. The summed E-state index contributed by atoms with van der Waals surface area (Å²) in [6.45, 7) is 0.506. The van der Waals surface area contributed by atoms with Gasteiger partial charge in [-0.15, -0.1) is 0 Å². The van der Waals surface area contributed by atoms with Crippen LogP contribution in [0, 0.1) is 0 Å². The Morgan fingerprint density at radius 1 is 1.00 bits per heavy atom. The molecule has 0 bridgehead atoms. The first-order valence-corrected chi connectivity index (χ1v) is 7.62. The van der Waals surface area contributed by atoms with Crippen molar-refractivity contribution in [2.24, 2.45) is 0 Å². The van der Waals surface area contributed by atoms with Crippen molar-refractivity contribution in [1.29, 1.82) is 0 Å². The molecule has 6 nitrogen and oxygen atoms in total. The van der Waals surface area contributed by atoms with Crippen LogP contribution in [0.25, 0.3) is 0 Å². The van der Waals surface area contributed by atoms with Crippen LogP contribution < -0.4 is 10.6 Å². The number of hydrogen-bond donors (Lipinski definition) is 2. The minimum absolute atomic E-state index is 0.320. The Hall–Kier alpha value is -2.99. The summed E-state index contributed by atoms with van der Waals surface area (Å²) in [7, 11) is 0. The van der Waals surface area contributed by atoms with E-state index in [1.807, 2.05) is 18.2 Å². The molecule has 0 atom stereocenters. The fourth-order valence-electron chi connectivity index (χ4n) is 1.97. The lowest BCUT2D eigenvalue weighted by molar-refractivity contribution is 0.102. The summed E-state index contributed by atoms with van der Waals surface area (Å²) in [6.07, 6.45) is 4.64. The molecule has 2 N–H and O–H groups in total. The molecule has 0 aliphatic rings. The Morgan fingerprint density at radius 3 is 2.46 bits per heavy atom. The molecule has 3 aromatic rings. The highest BCUT2D eigenvalue weighted by molar-refractivity contribution is 6.33. The van der Waals surface area contributed by atoms with Gasteiger partial charge in [0.1, 0.15) is 0 Å². The molecule has 0 radical (unpaired) electrons. The molecular weight excluding hydrogens is 326 g/mol. The van der Waals surface area contributed by atoms with E-state index >= 15 is 0 Å². The molecule has 7 heteroatoms. The second kappa shape index (κ2) is 7.52. The Morgan fingerprint density at radius 2 is 1.75 bits per heavy atom. The molecular formula is C17H14ClN5O. The van der Waals surface area contributed by atoms with E-state index in [0.29, 0.717) is 28.8 Å². The average molecular weight is 340 g/mol. The summed E-state index contributed by atoms with van der Waals surface area (Å²) < 4.78 is 0. The highest BCUT2D eigenvalue weighted by Crippen LogP contribution is 2.21. The second-order valence-electron chi connectivity index (χ2n) is 4.90. The molecule has 0 aliphatic heterocycles. The zero-order valence-corrected chi connectivity index (χ0v) is 13.4. The maximum atomic E-state index is 12.2. The fraction of sp³-hybridized carbons (Fsp3) is 0.0588. The average Bonchev–Trinajstić information content (AvgIpc) is 2.63. The summed E-state index contributed by atoms with van der Waals surface area (Å²) in [6, 6.07) is 12.7. The van der Waals surface area contributed by atoms with Gasteiger partial charge in [-0.25, -0.2) is 9.97 Å². The van der Waals surface area contributed by atoms with Crippen LogP contribution in [0.1, 0.15) is 16.1 Å². The molecule has 1 aromatic carbocycles. The first-order chi connectivity index (χ1) is 11.7. The van der Waals surface area contributed by atoms with Crippen LogP contribution in [-0.4, -0.2) is 20.9 Å². The lowest BCUT2D eigenvalue weighted by Gasteiger charge is -2.07. The van der Waals surface area contributed by atoms with Gasteiger partial charge in [0.2, 0.25) is 5.95 Å². The molecule has 0 unspecified atom stereocenters. The van der Waals surface area contributed by atoms with Crippen LogP contribution >= 0.6 is 11.6 Å². The topological polar surface area (TPSA) is 79.8 Å². The van der Waals surface area contributed by atoms with E-state index in [4.69, 9.17) is 11.6 Å². The number of carbonyl (C=O) groups excluding carboxylic acids is 1. The highest BCUT2D eigenvalue weighted by Gasteiger charge is 2.09. The zero-order valence-electron chi connectivity index (χ0n) is 12.6. The molecule has 0 saturated carbocycles. The minimum Gasteiger partial charge on any atom is -0.349 e. The van der Waals surface area contributed by atoms with Crippen LogP contribution in [0.2, 0.25) is 5.02 Å². The van der Waals surface area contributed by atoms with Crippen LogP contribution in [0.4, 0.5) is 11.6 Å². The summed E-state index contributed by atoms with van der Waals surface area (Å²) in [5, 5.41) is 6.24. The molecule has 24 heavy (non-hydrogen) atoms. The number of anilines is 2. The molecule has 2 heterocycles. The van der Waals surface area contributed by atoms with Gasteiger partial charge in [0, 0.05) is 18.6 Å². The zero-order chi connectivity index (χ0) is 16.8. The van der Waals surface area contributed by atoms with Crippen molar-refractivity contribution < 1.29 is 4.79 Å². The third-order valence-electron chi connectivity index (χ3n) is 3.19. The monoisotopic (exact) mass is 339 g/mol. The van der Waals surface area contributed by atoms with Gasteiger partial charge in [0.05, 0.1) is 28.5 Å². The summed E-state index contributed by atoms with van der Waals surface area (Å²) >= 11 is 6.02. The van der Waals surface area contributed by atoms with Crippen molar-refractivity contribution in [3.8, 4) is 0 Å². The number of aromatic nitrogens is 3. The van der Waals surface area contributed by atoms with Gasteiger partial charge >= 0.3 is 0 Å². The quantitative estimate of drug-likeness (QED) is 0.744.